The fourth-order valence-electron chi connectivity index (χ4n) is 3.71. The number of carbonyl (C=O) groups is 1. The summed E-state index contributed by atoms with van der Waals surface area (Å²) in [5, 5.41) is 6.09. The average molecular weight is 367 g/mol. The smallest absolute Gasteiger partial charge is 0.250 e. The van der Waals surface area contributed by atoms with Gasteiger partial charge in [0.25, 0.3) is 5.91 Å². The summed E-state index contributed by atoms with van der Waals surface area (Å²) in [5.74, 6) is -0.385. The molecule has 0 aliphatic heterocycles. The van der Waals surface area contributed by atoms with Crippen molar-refractivity contribution in [1.82, 2.24) is 14.5 Å². The maximum absolute atomic E-state index is 11.9. The third-order valence-corrected chi connectivity index (χ3v) is 5.68. The summed E-state index contributed by atoms with van der Waals surface area (Å²) in [6, 6.07) is 6.13. The number of aromatic nitrogens is 3. The second kappa shape index (κ2) is 6.92. The first-order valence-corrected chi connectivity index (χ1v) is 9.66. The van der Waals surface area contributed by atoms with E-state index >= 15 is 0 Å². The van der Waals surface area contributed by atoms with Gasteiger partial charge in [-0.2, -0.15) is 0 Å². The Labute approximate surface area is 156 Å². The van der Waals surface area contributed by atoms with Crippen LogP contribution in [-0.4, -0.2) is 20.4 Å². The second-order valence-electron chi connectivity index (χ2n) is 6.61. The molecule has 1 aliphatic rings. The predicted molar refractivity (Wildman–Crippen MR) is 104 cm³/mol. The fourth-order valence-corrected chi connectivity index (χ4v) is 4.43. The molecule has 134 valence electrons. The maximum Gasteiger partial charge on any atom is 0.250 e. The standard InChI is InChI=1S/C19H21N5OS/c1-12-15(18(20)25)9-17(24(12)14-6-2-3-7-14)16-11-26-19(23-16)22-13-5-4-8-21-10-13/h4-5,8-11,14H,2-3,6-7H2,1H3,(H2,20,25)(H,22,23). The van der Waals surface area contributed by atoms with Gasteiger partial charge in [0.2, 0.25) is 0 Å². The van der Waals surface area contributed by atoms with E-state index in [1.807, 2.05) is 30.5 Å². The van der Waals surface area contributed by atoms with Crippen molar-refractivity contribution in [1.29, 1.82) is 0 Å². The van der Waals surface area contributed by atoms with Crippen LogP contribution in [0.2, 0.25) is 0 Å². The van der Waals surface area contributed by atoms with E-state index < -0.39 is 0 Å². The van der Waals surface area contributed by atoms with E-state index in [-0.39, 0.29) is 5.91 Å². The van der Waals surface area contributed by atoms with Crippen LogP contribution in [0.5, 0.6) is 0 Å². The van der Waals surface area contributed by atoms with Gasteiger partial charge in [-0.1, -0.05) is 12.8 Å². The van der Waals surface area contributed by atoms with Crippen molar-refractivity contribution in [3.05, 3.63) is 47.2 Å². The van der Waals surface area contributed by atoms with Gasteiger partial charge in [-0.05, 0) is 38.0 Å². The predicted octanol–water partition coefficient (Wildman–Crippen LogP) is 4.27. The quantitative estimate of drug-likeness (QED) is 0.705. The highest BCUT2D eigenvalue weighted by molar-refractivity contribution is 7.14. The van der Waals surface area contributed by atoms with Crippen molar-refractivity contribution < 1.29 is 4.79 Å². The number of nitrogens with one attached hydrogen (secondary N) is 1. The number of carbonyl (C=O) groups excluding carboxylic acids is 1. The van der Waals surface area contributed by atoms with Crippen molar-refractivity contribution in [3.8, 4) is 11.4 Å². The minimum atomic E-state index is -0.385. The minimum Gasteiger partial charge on any atom is -0.366 e. The molecule has 0 spiro atoms. The van der Waals surface area contributed by atoms with Gasteiger partial charge in [-0.15, -0.1) is 11.3 Å². The third-order valence-electron chi connectivity index (χ3n) is 4.93. The number of primary amides is 1. The third kappa shape index (κ3) is 3.10. The monoisotopic (exact) mass is 367 g/mol. The molecule has 4 rings (SSSR count). The molecule has 0 unspecified atom stereocenters. The Hall–Kier alpha value is -2.67. The number of nitrogens with zero attached hydrogens (tertiary/aromatic N) is 3. The van der Waals surface area contributed by atoms with E-state index in [9.17, 15) is 4.79 Å². The topological polar surface area (TPSA) is 85.8 Å². The first-order chi connectivity index (χ1) is 12.6. The molecule has 6 nitrogen and oxygen atoms in total. The fraction of sp³-hybridized carbons (Fsp3) is 0.316. The summed E-state index contributed by atoms with van der Waals surface area (Å²) in [7, 11) is 0. The van der Waals surface area contributed by atoms with E-state index in [2.05, 4.69) is 14.9 Å². The molecule has 1 fully saturated rings. The largest absolute Gasteiger partial charge is 0.366 e. The average Bonchev–Trinajstić information content (AvgIpc) is 3.35. The summed E-state index contributed by atoms with van der Waals surface area (Å²) in [5.41, 5.74) is 9.85. The molecule has 0 aromatic carbocycles. The van der Waals surface area contributed by atoms with E-state index in [4.69, 9.17) is 10.7 Å². The van der Waals surface area contributed by atoms with Gasteiger partial charge in [-0.25, -0.2) is 4.98 Å². The number of anilines is 2. The number of nitrogens with two attached hydrogens (primary N) is 1. The van der Waals surface area contributed by atoms with Crippen molar-refractivity contribution in [2.24, 2.45) is 5.73 Å². The highest BCUT2D eigenvalue weighted by Gasteiger charge is 2.25. The molecule has 0 saturated heterocycles. The Balaban J connectivity index is 1.71. The molecule has 1 saturated carbocycles. The summed E-state index contributed by atoms with van der Waals surface area (Å²) in [6.07, 6.45) is 8.20. The molecule has 0 bridgehead atoms. The molecule has 1 aliphatic carbocycles. The number of hydrogen-bond acceptors (Lipinski definition) is 5. The van der Waals surface area contributed by atoms with Gasteiger partial charge in [0.15, 0.2) is 5.13 Å². The number of rotatable bonds is 5. The molecule has 3 heterocycles. The van der Waals surface area contributed by atoms with Crippen molar-refractivity contribution in [2.45, 2.75) is 38.6 Å². The lowest BCUT2D eigenvalue weighted by atomic mass is 10.2. The lowest BCUT2D eigenvalue weighted by Crippen LogP contribution is -2.14. The van der Waals surface area contributed by atoms with Crippen LogP contribution < -0.4 is 11.1 Å². The summed E-state index contributed by atoms with van der Waals surface area (Å²) < 4.78 is 2.26. The molecular formula is C19H21N5OS. The molecule has 0 radical (unpaired) electrons. The van der Waals surface area contributed by atoms with Crippen LogP contribution in [0.25, 0.3) is 11.4 Å². The highest BCUT2D eigenvalue weighted by Crippen LogP contribution is 2.38. The highest BCUT2D eigenvalue weighted by atomic mass is 32.1. The van der Waals surface area contributed by atoms with Crippen LogP contribution in [0.4, 0.5) is 10.8 Å². The van der Waals surface area contributed by atoms with Gasteiger partial charge in [0, 0.05) is 23.3 Å². The van der Waals surface area contributed by atoms with Crippen LogP contribution in [0.15, 0.2) is 36.0 Å². The number of pyridine rings is 1. The van der Waals surface area contributed by atoms with Crippen molar-refractivity contribution in [3.63, 3.8) is 0 Å². The lowest BCUT2D eigenvalue weighted by molar-refractivity contribution is 0.0999. The van der Waals surface area contributed by atoms with Crippen LogP contribution in [-0.2, 0) is 0 Å². The molecule has 1 amide bonds. The first-order valence-electron chi connectivity index (χ1n) is 8.78. The Kier molecular flexibility index (Phi) is 4.46. The Morgan fingerprint density at radius 3 is 2.88 bits per heavy atom. The molecule has 0 atom stereocenters. The van der Waals surface area contributed by atoms with E-state index in [1.54, 1.807) is 12.4 Å². The van der Waals surface area contributed by atoms with Gasteiger partial charge >= 0.3 is 0 Å². The maximum atomic E-state index is 11.9. The number of thiazole rings is 1. The lowest BCUT2D eigenvalue weighted by Gasteiger charge is -2.18. The molecular weight excluding hydrogens is 346 g/mol. The zero-order valence-corrected chi connectivity index (χ0v) is 15.4. The molecule has 7 heteroatoms. The zero-order valence-electron chi connectivity index (χ0n) is 14.6. The minimum absolute atomic E-state index is 0.385. The molecule has 26 heavy (non-hydrogen) atoms. The summed E-state index contributed by atoms with van der Waals surface area (Å²) in [4.78, 5) is 20.7. The summed E-state index contributed by atoms with van der Waals surface area (Å²) >= 11 is 1.53. The van der Waals surface area contributed by atoms with Crippen LogP contribution in [0.3, 0.4) is 0 Å². The normalized spacial score (nSPS) is 14.7. The number of amides is 1. The SMILES string of the molecule is Cc1c(C(N)=O)cc(-c2csc(Nc3cccnc3)n2)n1C1CCCC1. The second-order valence-corrected chi connectivity index (χ2v) is 7.46. The van der Waals surface area contributed by atoms with Crippen molar-refractivity contribution >= 4 is 28.1 Å². The van der Waals surface area contributed by atoms with Crippen molar-refractivity contribution in [2.75, 3.05) is 5.32 Å². The Morgan fingerprint density at radius 2 is 2.19 bits per heavy atom. The van der Waals surface area contributed by atoms with Gasteiger partial charge in [0.1, 0.15) is 0 Å². The molecule has 3 N–H and O–H groups in total. The summed E-state index contributed by atoms with van der Waals surface area (Å²) in [6.45, 7) is 1.98. The molecule has 3 aromatic heterocycles. The van der Waals surface area contributed by atoms with Crippen LogP contribution in [0.1, 0.15) is 47.8 Å². The van der Waals surface area contributed by atoms with Gasteiger partial charge in [0.05, 0.1) is 28.8 Å². The zero-order chi connectivity index (χ0) is 18.1. The van der Waals surface area contributed by atoms with Crippen LogP contribution in [0, 0.1) is 6.92 Å². The number of hydrogen-bond donors (Lipinski definition) is 2. The van der Waals surface area contributed by atoms with Crippen LogP contribution >= 0.6 is 11.3 Å². The first kappa shape index (κ1) is 16.8. The van der Waals surface area contributed by atoms with E-state index in [0.29, 0.717) is 11.6 Å². The molecule has 3 aromatic rings. The Bertz CT molecular complexity index is 925. The van der Waals surface area contributed by atoms with E-state index in [0.717, 1.165) is 40.7 Å². The van der Waals surface area contributed by atoms with Gasteiger partial charge in [-0.3, -0.25) is 9.78 Å². The van der Waals surface area contributed by atoms with E-state index in [1.165, 1.54) is 24.2 Å². The Morgan fingerprint density at radius 1 is 1.38 bits per heavy atom. The van der Waals surface area contributed by atoms with Gasteiger partial charge < -0.3 is 15.6 Å².